The molecule has 1 aliphatic heterocycles. The topological polar surface area (TPSA) is 66.3 Å². The van der Waals surface area contributed by atoms with E-state index in [4.69, 9.17) is 23.8 Å². The molecule has 0 spiro atoms. The van der Waals surface area contributed by atoms with Gasteiger partial charge in [-0.15, -0.1) is 5.10 Å². The lowest BCUT2D eigenvalue weighted by atomic mass is 10.2. The maximum absolute atomic E-state index is 11.9. The third kappa shape index (κ3) is 5.83. The summed E-state index contributed by atoms with van der Waals surface area (Å²) in [7, 11) is 0. The van der Waals surface area contributed by atoms with Crippen LogP contribution in [0.15, 0.2) is 30.5 Å². The van der Waals surface area contributed by atoms with E-state index in [1.165, 1.54) is 0 Å². The largest absolute Gasteiger partial charge is 0.354 e. The molecule has 7 nitrogen and oxygen atoms in total. The van der Waals surface area contributed by atoms with E-state index in [0.717, 1.165) is 33.7 Å². The predicted octanol–water partition coefficient (Wildman–Crippen LogP) is 2.85. The number of piperazine rings is 1. The second-order valence-electron chi connectivity index (χ2n) is 6.40. The van der Waals surface area contributed by atoms with Crippen LogP contribution in [-0.2, 0) is 12.3 Å². The first-order chi connectivity index (χ1) is 13.5. The molecule has 1 aliphatic rings. The van der Waals surface area contributed by atoms with E-state index in [-0.39, 0.29) is 6.03 Å². The van der Waals surface area contributed by atoms with E-state index in [1.807, 2.05) is 47.0 Å². The van der Waals surface area contributed by atoms with Gasteiger partial charge in [-0.25, -0.2) is 9.48 Å². The Hall–Kier alpha value is -1.84. The fourth-order valence-corrected chi connectivity index (χ4v) is 4.10. The molecule has 1 aromatic heterocycles. The Kier molecular flexibility index (Phi) is 7.52. The lowest BCUT2D eigenvalue weighted by Gasteiger charge is -2.35. The van der Waals surface area contributed by atoms with Gasteiger partial charge in [0.15, 0.2) is 0 Å². The Morgan fingerprint density at radius 3 is 2.57 bits per heavy atom. The van der Waals surface area contributed by atoms with Gasteiger partial charge in [0.1, 0.15) is 4.32 Å². The van der Waals surface area contributed by atoms with E-state index < -0.39 is 0 Å². The monoisotopic (exact) mass is 438 g/mol. The average Bonchev–Trinajstić information content (AvgIpc) is 3.15. The van der Waals surface area contributed by atoms with Crippen LogP contribution in [0.3, 0.4) is 0 Å². The molecular weight excluding hydrogens is 416 g/mol. The van der Waals surface area contributed by atoms with Gasteiger partial charge in [0, 0.05) is 49.7 Å². The van der Waals surface area contributed by atoms with E-state index >= 15 is 0 Å². The van der Waals surface area contributed by atoms with Crippen molar-refractivity contribution in [3.8, 4) is 0 Å². The van der Waals surface area contributed by atoms with Gasteiger partial charge < -0.3 is 15.1 Å². The van der Waals surface area contributed by atoms with Gasteiger partial charge in [0.05, 0.1) is 12.2 Å². The van der Waals surface area contributed by atoms with Gasteiger partial charge in [-0.2, -0.15) is 0 Å². The molecule has 150 valence electrons. The summed E-state index contributed by atoms with van der Waals surface area (Å²) >= 11 is 13.1. The Balaban J connectivity index is 1.43. The number of amides is 2. The number of carbonyl (C=O) groups excluding carboxylic acids is 1. The maximum Gasteiger partial charge on any atom is 0.317 e. The number of nitrogens with zero attached hydrogens (tertiary/aromatic N) is 5. The molecule has 0 unspecified atom stereocenters. The van der Waals surface area contributed by atoms with Gasteiger partial charge in [-0.05, 0) is 24.6 Å². The first-order valence-electron chi connectivity index (χ1n) is 9.13. The van der Waals surface area contributed by atoms with Gasteiger partial charge in [0.25, 0.3) is 0 Å². The number of nitrogens with one attached hydrogen (secondary N) is 1. The van der Waals surface area contributed by atoms with Crippen LogP contribution in [-0.4, -0.2) is 67.9 Å². The van der Waals surface area contributed by atoms with E-state index in [1.54, 1.807) is 11.8 Å². The third-order valence-corrected chi connectivity index (χ3v) is 6.15. The van der Waals surface area contributed by atoms with Crippen LogP contribution in [0.1, 0.15) is 18.2 Å². The number of aromatic nitrogens is 3. The molecule has 0 radical (unpaired) electrons. The normalized spacial score (nSPS) is 14.2. The zero-order chi connectivity index (χ0) is 19.9. The first kappa shape index (κ1) is 20.9. The van der Waals surface area contributed by atoms with E-state index in [0.29, 0.717) is 31.9 Å². The lowest BCUT2D eigenvalue weighted by molar-refractivity contribution is 0.171. The van der Waals surface area contributed by atoms with Crippen molar-refractivity contribution in [3.05, 3.63) is 46.7 Å². The van der Waals surface area contributed by atoms with Crippen molar-refractivity contribution in [2.24, 2.45) is 0 Å². The highest BCUT2D eigenvalue weighted by Gasteiger charge is 2.22. The Morgan fingerprint density at radius 2 is 1.89 bits per heavy atom. The number of hydrogen-bond acceptors (Lipinski definition) is 5. The summed E-state index contributed by atoms with van der Waals surface area (Å²) in [5.74, 6) is 0.677. The SMILES string of the molecule is CCNC(=O)N1CCN(C(=S)SCc2cn(Cc3ccc(Cl)cc3)nn2)CC1. The highest BCUT2D eigenvalue weighted by molar-refractivity contribution is 8.22. The number of urea groups is 1. The summed E-state index contributed by atoms with van der Waals surface area (Å²) in [6.07, 6.45) is 1.94. The number of benzene rings is 1. The molecule has 2 heterocycles. The van der Waals surface area contributed by atoms with Crippen LogP contribution >= 0.6 is 35.6 Å². The molecule has 0 aliphatic carbocycles. The molecule has 0 saturated carbocycles. The smallest absolute Gasteiger partial charge is 0.317 e. The molecular formula is C18H23ClN6OS2. The number of thioether (sulfide) groups is 1. The van der Waals surface area contributed by atoms with Gasteiger partial charge in [-0.1, -0.05) is 52.9 Å². The fourth-order valence-electron chi connectivity index (χ4n) is 2.84. The zero-order valence-electron chi connectivity index (χ0n) is 15.7. The molecule has 10 heteroatoms. The summed E-state index contributed by atoms with van der Waals surface area (Å²) in [5.41, 5.74) is 2.01. The second-order valence-corrected chi connectivity index (χ2v) is 8.44. The van der Waals surface area contributed by atoms with Crippen molar-refractivity contribution in [1.82, 2.24) is 30.1 Å². The summed E-state index contributed by atoms with van der Waals surface area (Å²) in [6, 6.07) is 7.70. The van der Waals surface area contributed by atoms with Gasteiger partial charge in [-0.3, -0.25) is 0 Å². The Labute approximate surface area is 179 Å². The third-order valence-electron chi connectivity index (χ3n) is 4.34. The molecule has 1 fully saturated rings. The molecule has 3 rings (SSSR count). The lowest BCUT2D eigenvalue weighted by Crippen LogP contribution is -2.52. The van der Waals surface area contributed by atoms with Crippen LogP contribution in [0, 0.1) is 0 Å². The minimum absolute atomic E-state index is 0.00183. The number of rotatable bonds is 5. The van der Waals surface area contributed by atoms with Crippen molar-refractivity contribution in [2.45, 2.75) is 19.2 Å². The van der Waals surface area contributed by atoms with Crippen LogP contribution < -0.4 is 5.32 Å². The molecule has 1 saturated heterocycles. The van der Waals surface area contributed by atoms with Crippen molar-refractivity contribution in [3.63, 3.8) is 0 Å². The van der Waals surface area contributed by atoms with Crippen LogP contribution in [0.4, 0.5) is 4.79 Å². The predicted molar refractivity (Wildman–Crippen MR) is 117 cm³/mol. The molecule has 28 heavy (non-hydrogen) atoms. The van der Waals surface area contributed by atoms with Crippen LogP contribution in [0.5, 0.6) is 0 Å². The Bertz CT molecular complexity index is 805. The van der Waals surface area contributed by atoms with E-state index in [9.17, 15) is 4.79 Å². The number of hydrogen-bond donors (Lipinski definition) is 1. The van der Waals surface area contributed by atoms with Gasteiger partial charge >= 0.3 is 6.03 Å². The first-order valence-corrected chi connectivity index (χ1v) is 10.9. The van der Waals surface area contributed by atoms with Gasteiger partial charge in [0.2, 0.25) is 0 Å². The number of halogens is 1. The summed E-state index contributed by atoms with van der Waals surface area (Å²) in [5, 5.41) is 12.0. The molecule has 2 aromatic rings. The fraction of sp³-hybridized carbons (Fsp3) is 0.444. The van der Waals surface area contributed by atoms with Crippen molar-refractivity contribution in [2.75, 3.05) is 32.7 Å². The van der Waals surface area contributed by atoms with Crippen molar-refractivity contribution >= 4 is 45.9 Å². The highest BCUT2D eigenvalue weighted by Crippen LogP contribution is 2.17. The quantitative estimate of drug-likeness (QED) is 0.724. The molecule has 1 N–H and O–H groups in total. The van der Waals surface area contributed by atoms with Crippen molar-refractivity contribution < 1.29 is 4.79 Å². The molecule has 0 atom stereocenters. The molecule has 0 bridgehead atoms. The zero-order valence-corrected chi connectivity index (χ0v) is 18.1. The molecule has 1 aromatic carbocycles. The summed E-state index contributed by atoms with van der Waals surface area (Å²) < 4.78 is 2.65. The summed E-state index contributed by atoms with van der Waals surface area (Å²) in [6.45, 7) is 6.10. The maximum atomic E-state index is 11.9. The standard InChI is InChI=1S/C18H23ClN6OS2/c1-2-20-17(26)23-7-9-24(10-8-23)18(27)28-13-16-12-25(22-21-16)11-14-3-5-15(19)6-4-14/h3-6,12H,2,7-11,13H2,1H3,(H,20,26). The molecule has 2 amide bonds. The Morgan fingerprint density at radius 1 is 1.21 bits per heavy atom. The minimum Gasteiger partial charge on any atom is -0.354 e. The number of carbonyl (C=O) groups is 1. The van der Waals surface area contributed by atoms with Crippen LogP contribution in [0.25, 0.3) is 0 Å². The van der Waals surface area contributed by atoms with E-state index in [2.05, 4.69) is 20.5 Å². The van der Waals surface area contributed by atoms with Crippen LogP contribution in [0.2, 0.25) is 5.02 Å². The highest BCUT2D eigenvalue weighted by atomic mass is 35.5. The van der Waals surface area contributed by atoms with Crippen molar-refractivity contribution in [1.29, 1.82) is 0 Å². The summed E-state index contributed by atoms with van der Waals surface area (Å²) in [4.78, 5) is 15.8. The number of thiocarbonyl (C=S) groups is 1. The minimum atomic E-state index is -0.00183. The average molecular weight is 439 g/mol. The second kappa shape index (κ2) is 10.1.